The van der Waals surface area contributed by atoms with E-state index in [2.05, 4.69) is 11.4 Å². The second-order valence-corrected chi connectivity index (χ2v) is 2.78. The summed E-state index contributed by atoms with van der Waals surface area (Å²) in [5, 5.41) is 11.7. The first kappa shape index (κ1) is 6.57. The highest BCUT2D eigenvalue weighted by Crippen LogP contribution is 2.39. The second kappa shape index (κ2) is 2.36. The molecule has 0 amide bonds. The van der Waals surface area contributed by atoms with Crippen molar-refractivity contribution in [3.8, 4) is 6.07 Å². The van der Waals surface area contributed by atoms with Gasteiger partial charge >= 0.3 is 0 Å². The summed E-state index contributed by atoms with van der Waals surface area (Å²) in [6.45, 7) is 0.865. The molecule has 0 aromatic rings. The monoisotopic (exact) mass is 124 g/mol. The third-order valence-corrected chi connectivity index (χ3v) is 2.06. The van der Waals surface area contributed by atoms with E-state index in [9.17, 15) is 0 Å². The first-order valence-corrected chi connectivity index (χ1v) is 3.39. The van der Waals surface area contributed by atoms with E-state index in [-0.39, 0.29) is 5.41 Å². The molecule has 0 aliphatic heterocycles. The van der Waals surface area contributed by atoms with E-state index in [0.717, 1.165) is 19.4 Å². The molecule has 2 nitrogen and oxygen atoms in total. The summed E-state index contributed by atoms with van der Waals surface area (Å²) < 4.78 is 0. The lowest BCUT2D eigenvalue weighted by molar-refractivity contribution is 0.212. The third kappa shape index (κ3) is 1.06. The molecule has 50 valence electrons. The van der Waals surface area contributed by atoms with Crippen LogP contribution in [0.15, 0.2) is 0 Å². The van der Waals surface area contributed by atoms with Crippen LogP contribution < -0.4 is 5.32 Å². The Morgan fingerprint density at radius 3 is 2.44 bits per heavy atom. The molecule has 0 atom stereocenters. The van der Waals surface area contributed by atoms with Crippen molar-refractivity contribution in [1.82, 2.24) is 5.32 Å². The molecule has 0 radical (unpaired) electrons. The maximum absolute atomic E-state index is 8.68. The van der Waals surface area contributed by atoms with Gasteiger partial charge in [-0.3, -0.25) is 0 Å². The Morgan fingerprint density at radius 1 is 1.67 bits per heavy atom. The molecule has 1 fully saturated rings. The fraction of sp³-hybridized carbons (Fsp3) is 0.857. The van der Waals surface area contributed by atoms with Crippen LogP contribution in [0.3, 0.4) is 0 Å². The quantitative estimate of drug-likeness (QED) is 0.593. The number of nitriles is 1. The zero-order chi connectivity index (χ0) is 6.74. The van der Waals surface area contributed by atoms with Gasteiger partial charge in [-0.25, -0.2) is 0 Å². The summed E-state index contributed by atoms with van der Waals surface area (Å²) in [4.78, 5) is 0. The van der Waals surface area contributed by atoms with Gasteiger partial charge in [-0.15, -0.1) is 0 Å². The van der Waals surface area contributed by atoms with Crippen molar-refractivity contribution in [3.63, 3.8) is 0 Å². The molecule has 1 aliphatic rings. The fourth-order valence-electron chi connectivity index (χ4n) is 1.27. The molecule has 1 saturated carbocycles. The average molecular weight is 124 g/mol. The van der Waals surface area contributed by atoms with E-state index in [0.29, 0.717) is 0 Å². The predicted octanol–water partition coefficient (Wildman–Crippen LogP) is 0.900. The molecule has 0 saturated heterocycles. The van der Waals surface area contributed by atoms with Gasteiger partial charge in [0.2, 0.25) is 0 Å². The van der Waals surface area contributed by atoms with Crippen LogP contribution in [-0.2, 0) is 0 Å². The molecule has 2 heteroatoms. The lowest BCUT2D eigenvalue weighted by Gasteiger charge is -2.34. The van der Waals surface area contributed by atoms with Crippen molar-refractivity contribution in [2.45, 2.75) is 19.3 Å². The summed E-state index contributed by atoms with van der Waals surface area (Å²) in [5.74, 6) is 0. The van der Waals surface area contributed by atoms with E-state index < -0.39 is 0 Å². The minimum absolute atomic E-state index is 0.00868. The second-order valence-electron chi connectivity index (χ2n) is 2.78. The number of hydrogen-bond donors (Lipinski definition) is 1. The predicted molar refractivity (Wildman–Crippen MR) is 35.8 cm³/mol. The summed E-state index contributed by atoms with van der Waals surface area (Å²) in [6.07, 6.45) is 3.41. The van der Waals surface area contributed by atoms with Crippen molar-refractivity contribution in [2.75, 3.05) is 13.6 Å². The molecule has 0 unspecified atom stereocenters. The maximum atomic E-state index is 8.68. The van der Waals surface area contributed by atoms with Crippen LogP contribution in [0, 0.1) is 16.7 Å². The van der Waals surface area contributed by atoms with Crippen LogP contribution in [0.5, 0.6) is 0 Å². The van der Waals surface area contributed by atoms with Crippen LogP contribution in [0.2, 0.25) is 0 Å². The third-order valence-electron chi connectivity index (χ3n) is 2.06. The molecular formula is C7H12N2. The zero-order valence-corrected chi connectivity index (χ0v) is 5.78. The number of hydrogen-bond acceptors (Lipinski definition) is 2. The minimum atomic E-state index is 0.00868. The number of rotatable bonds is 2. The lowest BCUT2D eigenvalue weighted by atomic mass is 9.70. The minimum Gasteiger partial charge on any atom is -0.318 e. The van der Waals surface area contributed by atoms with Crippen LogP contribution in [0.25, 0.3) is 0 Å². The molecule has 0 bridgehead atoms. The highest BCUT2D eigenvalue weighted by molar-refractivity contribution is 5.05. The van der Waals surface area contributed by atoms with Crippen molar-refractivity contribution in [1.29, 1.82) is 5.26 Å². The van der Waals surface area contributed by atoms with Gasteiger partial charge in [-0.05, 0) is 19.9 Å². The number of nitrogens with zero attached hydrogens (tertiary/aromatic N) is 1. The Labute approximate surface area is 55.9 Å². The van der Waals surface area contributed by atoms with E-state index in [1.165, 1.54) is 6.42 Å². The fourth-order valence-corrected chi connectivity index (χ4v) is 1.27. The van der Waals surface area contributed by atoms with E-state index in [1.807, 2.05) is 7.05 Å². The first-order valence-electron chi connectivity index (χ1n) is 3.39. The summed E-state index contributed by atoms with van der Waals surface area (Å²) in [5.41, 5.74) is 0.00868. The normalized spacial score (nSPS) is 22.2. The molecule has 0 aromatic carbocycles. The molecule has 1 rings (SSSR count). The average Bonchev–Trinajstić information content (AvgIpc) is 1.79. The molecule has 9 heavy (non-hydrogen) atoms. The molecule has 0 heterocycles. The Morgan fingerprint density at radius 2 is 2.33 bits per heavy atom. The molecule has 0 spiro atoms. The molecule has 0 aromatic heterocycles. The summed E-state index contributed by atoms with van der Waals surface area (Å²) in [6, 6.07) is 2.35. The molecular weight excluding hydrogens is 112 g/mol. The van der Waals surface area contributed by atoms with Gasteiger partial charge in [0.1, 0.15) is 0 Å². The molecule has 1 N–H and O–H groups in total. The zero-order valence-electron chi connectivity index (χ0n) is 5.78. The van der Waals surface area contributed by atoms with E-state index in [1.54, 1.807) is 0 Å². The van der Waals surface area contributed by atoms with Crippen molar-refractivity contribution < 1.29 is 0 Å². The first-order chi connectivity index (χ1) is 4.33. The lowest BCUT2D eigenvalue weighted by Crippen LogP contribution is -2.37. The highest BCUT2D eigenvalue weighted by Gasteiger charge is 2.36. The van der Waals surface area contributed by atoms with Gasteiger partial charge < -0.3 is 5.32 Å². The standard InChI is InChI=1S/C7H12N2/c1-9-6-7(5-8)3-2-4-7/h9H,2-4,6H2,1H3. The SMILES string of the molecule is CNCC1(C#N)CCC1. The molecule has 1 aliphatic carbocycles. The highest BCUT2D eigenvalue weighted by atomic mass is 14.8. The van der Waals surface area contributed by atoms with Gasteiger partial charge in [0, 0.05) is 6.54 Å². The van der Waals surface area contributed by atoms with Gasteiger partial charge in [-0.1, -0.05) is 6.42 Å². The van der Waals surface area contributed by atoms with E-state index >= 15 is 0 Å². The van der Waals surface area contributed by atoms with Crippen LogP contribution >= 0.6 is 0 Å². The smallest absolute Gasteiger partial charge is 0.0703 e. The summed E-state index contributed by atoms with van der Waals surface area (Å²) in [7, 11) is 1.90. The van der Waals surface area contributed by atoms with Crippen molar-refractivity contribution >= 4 is 0 Å². The topological polar surface area (TPSA) is 35.8 Å². The number of nitrogens with one attached hydrogen (secondary N) is 1. The Hall–Kier alpha value is -0.550. The van der Waals surface area contributed by atoms with Crippen LogP contribution in [0.1, 0.15) is 19.3 Å². The van der Waals surface area contributed by atoms with E-state index in [4.69, 9.17) is 5.26 Å². The van der Waals surface area contributed by atoms with Gasteiger partial charge in [0.05, 0.1) is 11.5 Å². The summed E-state index contributed by atoms with van der Waals surface area (Å²) >= 11 is 0. The van der Waals surface area contributed by atoms with Gasteiger partial charge in [0.15, 0.2) is 0 Å². The van der Waals surface area contributed by atoms with Crippen molar-refractivity contribution in [3.05, 3.63) is 0 Å². The Bertz CT molecular complexity index is 130. The van der Waals surface area contributed by atoms with Gasteiger partial charge in [0.25, 0.3) is 0 Å². The largest absolute Gasteiger partial charge is 0.318 e. The van der Waals surface area contributed by atoms with Crippen LogP contribution in [-0.4, -0.2) is 13.6 Å². The Balaban J connectivity index is 2.40. The van der Waals surface area contributed by atoms with Crippen LogP contribution in [0.4, 0.5) is 0 Å². The Kier molecular flexibility index (Phi) is 1.73. The maximum Gasteiger partial charge on any atom is 0.0703 e. The van der Waals surface area contributed by atoms with Crippen molar-refractivity contribution in [2.24, 2.45) is 5.41 Å². The van der Waals surface area contributed by atoms with Gasteiger partial charge in [-0.2, -0.15) is 5.26 Å².